The smallest absolute Gasteiger partial charge is 0.140 e. The molecular formula is C18H20O2. The van der Waals surface area contributed by atoms with E-state index in [0.717, 1.165) is 31.4 Å². The molecule has 20 heavy (non-hydrogen) atoms. The van der Waals surface area contributed by atoms with Gasteiger partial charge in [0.1, 0.15) is 11.5 Å². The summed E-state index contributed by atoms with van der Waals surface area (Å²) in [5.41, 5.74) is 3.87. The molecule has 0 saturated heterocycles. The van der Waals surface area contributed by atoms with Crippen LogP contribution in [0.4, 0.5) is 0 Å². The summed E-state index contributed by atoms with van der Waals surface area (Å²) >= 11 is 0. The Morgan fingerprint density at radius 2 is 2.15 bits per heavy atom. The first kappa shape index (κ1) is 13.2. The lowest BCUT2D eigenvalue weighted by Gasteiger charge is -2.24. The van der Waals surface area contributed by atoms with Crippen LogP contribution < -0.4 is 0 Å². The number of carbonyl (C=O) groups is 1. The second-order valence-corrected chi connectivity index (χ2v) is 5.69. The summed E-state index contributed by atoms with van der Waals surface area (Å²) in [7, 11) is 0. The molecule has 0 spiro atoms. The molecule has 2 nitrogen and oxygen atoms in total. The fourth-order valence-corrected chi connectivity index (χ4v) is 3.12. The average Bonchev–Trinajstić information content (AvgIpc) is 2.94. The van der Waals surface area contributed by atoms with Crippen LogP contribution in [0.1, 0.15) is 47.6 Å². The Labute approximate surface area is 119 Å². The fraction of sp³-hybridized carbons (Fsp3) is 0.389. The number of rotatable bonds is 4. The van der Waals surface area contributed by atoms with E-state index in [9.17, 15) is 4.79 Å². The van der Waals surface area contributed by atoms with Crippen LogP contribution in [0.2, 0.25) is 0 Å². The summed E-state index contributed by atoms with van der Waals surface area (Å²) in [6.07, 6.45) is 6.15. The van der Waals surface area contributed by atoms with Gasteiger partial charge in [-0.15, -0.1) is 0 Å². The third kappa shape index (κ3) is 2.69. The van der Waals surface area contributed by atoms with Crippen LogP contribution in [0, 0.1) is 6.92 Å². The molecule has 1 unspecified atom stereocenters. The maximum absolute atomic E-state index is 12.2. The Morgan fingerprint density at radius 1 is 1.25 bits per heavy atom. The Bertz CT molecular complexity index is 596. The molecule has 1 heterocycles. The first-order valence-corrected chi connectivity index (χ1v) is 7.38. The van der Waals surface area contributed by atoms with Crippen LogP contribution in [-0.2, 0) is 17.6 Å². The van der Waals surface area contributed by atoms with Gasteiger partial charge in [0.2, 0.25) is 0 Å². The predicted molar refractivity (Wildman–Crippen MR) is 78.9 cm³/mol. The fourth-order valence-electron chi connectivity index (χ4n) is 3.12. The molecule has 2 aromatic rings. The Hall–Kier alpha value is -1.83. The number of hydrogen-bond acceptors (Lipinski definition) is 2. The van der Waals surface area contributed by atoms with Crippen molar-refractivity contribution >= 4 is 5.78 Å². The van der Waals surface area contributed by atoms with Gasteiger partial charge in [0.25, 0.3) is 0 Å². The van der Waals surface area contributed by atoms with Gasteiger partial charge in [0.05, 0.1) is 6.26 Å². The maximum Gasteiger partial charge on any atom is 0.140 e. The maximum atomic E-state index is 12.2. The van der Waals surface area contributed by atoms with Crippen LogP contribution >= 0.6 is 0 Å². The van der Waals surface area contributed by atoms with Crippen molar-refractivity contribution in [2.24, 2.45) is 0 Å². The molecule has 104 valence electrons. The van der Waals surface area contributed by atoms with Gasteiger partial charge in [-0.1, -0.05) is 23.8 Å². The van der Waals surface area contributed by atoms with Gasteiger partial charge < -0.3 is 4.42 Å². The molecule has 0 saturated carbocycles. The van der Waals surface area contributed by atoms with Crippen molar-refractivity contribution in [1.29, 1.82) is 0 Å². The van der Waals surface area contributed by atoms with Crippen LogP contribution in [0.3, 0.4) is 0 Å². The highest BCUT2D eigenvalue weighted by atomic mass is 16.3. The Kier molecular flexibility index (Phi) is 3.72. The number of ketones is 1. The molecule has 0 bridgehead atoms. The van der Waals surface area contributed by atoms with E-state index in [1.807, 2.05) is 12.1 Å². The highest BCUT2D eigenvalue weighted by molar-refractivity contribution is 5.88. The molecule has 0 N–H and O–H groups in total. The molecule has 0 aliphatic heterocycles. The lowest BCUT2D eigenvalue weighted by Crippen LogP contribution is -2.20. The van der Waals surface area contributed by atoms with Gasteiger partial charge >= 0.3 is 0 Å². The van der Waals surface area contributed by atoms with E-state index in [1.165, 1.54) is 16.7 Å². The van der Waals surface area contributed by atoms with Gasteiger partial charge in [-0.25, -0.2) is 0 Å². The topological polar surface area (TPSA) is 30.2 Å². The molecule has 1 aliphatic rings. The first-order valence-electron chi connectivity index (χ1n) is 7.38. The van der Waals surface area contributed by atoms with E-state index in [0.29, 0.717) is 12.2 Å². The van der Waals surface area contributed by atoms with Crippen LogP contribution in [0.5, 0.6) is 0 Å². The van der Waals surface area contributed by atoms with Gasteiger partial charge in [0, 0.05) is 18.8 Å². The normalized spacial score (nSPS) is 18.1. The summed E-state index contributed by atoms with van der Waals surface area (Å²) in [5.74, 6) is 1.51. The highest BCUT2D eigenvalue weighted by Crippen LogP contribution is 2.33. The number of aryl methyl sites for hydroxylation is 3. The molecule has 0 fully saturated rings. The number of hydrogen-bond donors (Lipinski definition) is 0. The lowest BCUT2D eigenvalue weighted by atomic mass is 9.78. The summed E-state index contributed by atoms with van der Waals surface area (Å²) in [4.78, 5) is 12.2. The third-order valence-electron chi connectivity index (χ3n) is 4.20. The molecule has 1 atom stereocenters. The number of carbonyl (C=O) groups excluding carboxylic acids is 1. The van der Waals surface area contributed by atoms with Crippen molar-refractivity contribution in [2.75, 3.05) is 0 Å². The van der Waals surface area contributed by atoms with Crippen LogP contribution in [0.25, 0.3) is 0 Å². The SMILES string of the molecule is Cc1ccc2c(c1)C(CCCc1ccco1)C(=O)CC2. The zero-order valence-corrected chi connectivity index (χ0v) is 11.9. The average molecular weight is 268 g/mol. The minimum atomic E-state index is 0.0913. The summed E-state index contributed by atoms with van der Waals surface area (Å²) in [6, 6.07) is 10.5. The van der Waals surface area contributed by atoms with Crippen molar-refractivity contribution in [1.82, 2.24) is 0 Å². The third-order valence-corrected chi connectivity index (χ3v) is 4.20. The van der Waals surface area contributed by atoms with Crippen LogP contribution in [0.15, 0.2) is 41.0 Å². The minimum Gasteiger partial charge on any atom is -0.469 e. The van der Waals surface area contributed by atoms with Crippen molar-refractivity contribution in [3.05, 3.63) is 59.0 Å². The van der Waals surface area contributed by atoms with Gasteiger partial charge in [-0.2, -0.15) is 0 Å². The van der Waals surface area contributed by atoms with Crippen LogP contribution in [-0.4, -0.2) is 5.78 Å². The minimum absolute atomic E-state index is 0.0913. The molecule has 0 radical (unpaired) electrons. The molecule has 1 aromatic heterocycles. The molecule has 0 amide bonds. The molecule has 1 aliphatic carbocycles. The molecule has 2 heteroatoms. The number of fused-ring (bicyclic) bond motifs is 1. The quantitative estimate of drug-likeness (QED) is 0.831. The molecule has 1 aromatic carbocycles. The van der Waals surface area contributed by atoms with Crippen molar-refractivity contribution in [2.45, 2.75) is 44.9 Å². The Balaban J connectivity index is 1.72. The van der Waals surface area contributed by atoms with Gasteiger partial charge in [-0.3, -0.25) is 4.79 Å². The summed E-state index contributed by atoms with van der Waals surface area (Å²) in [5, 5.41) is 0. The van der Waals surface area contributed by atoms with E-state index in [-0.39, 0.29) is 5.92 Å². The van der Waals surface area contributed by atoms with E-state index >= 15 is 0 Å². The predicted octanol–water partition coefficient (Wildman–Crippen LogP) is 4.21. The first-order chi connectivity index (χ1) is 9.74. The second-order valence-electron chi connectivity index (χ2n) is 5.69. The summed E-state index contributed by atoms with van der Waals surface area (Å²) < 4.78 is 5.35. The monoisotopic (exact) mass is 268 g/mol. The van der Waals surface area contributed by atoms with E-state index in [4.69, 9.17) is 4.42 Å². The lowest BCUT2D eigenvalue weighted by molar-refractivity contribution is -0.121. The van der Waals surface area contributed by atoms with E-state index in [2.05, 4.69) is 25.1 Å². The zero-order valence-electron chi connectivity index (χ0n) is 11.9. The zero-order chi connectivity index (χ0) is 13.9. The summed E-state index contributed by atoms with van der Waals surface area (Å²) in [6.45, 7) is 2.10. The molecular weight excluding hydrogens is 248 g/mol. The van der Waals surface area contributed by atoms with E-state index < -0.39 is 0 Å². The van der Waals surface area contributed by atoms with Crippen molar-refractivity contribution in [3.63, 3.8) is 0 Å². The van der Waals surface area contributed by atoms with Crippen molar-refractivity contribution in [3.8, 4) is 0 Å². The van der Waals surface area contributed by atoms with Gasteiger partial charge in [-0.05, 0) is 49.4 Å². The largest absolute Gasteiger partial charge is 0.469 e. The number of benzene rings is 1. The Morgan fingerprint density at radius 3 is 2.95 bits per heavy atom. The molecule has 3 rings (SSSR count). The van der Waals surface area contributed by atoms with Gasteiger partial charge in [0.15, 0.2) is 0 Å². The van der Waals surface area contributed by atoms with Crippen molar-refractivity contribution < 1.29 is 9.21 Å². The van der Waals surface area contributed by atoms with E-state index in [1.54, 1.807) is 6.26 Å². The number of furan rings is 1. The highest BCUT2D eigenvalue weighted by Gasteiger charge is 2.27. The number of Topliss-reactive ketones (excluding diaryl/α,β-unsaturated/α-hetero) is 1. The standard InChI is InChI=1S/C18H20O2/c1-13-7-8-14-9-10-18(19)16(17(14)12-13)6-2-4-15-5-3-11-20-15/h3,5,7-8,11-12,16H,2,4,6,9-10H2,1H3. The second kappa shape index (κ2) is 5.66.